The van der Waals surface area contributed by atoms with Crippen LogP contribution in [0.1, 0.15) is 10.4 Å². The molecule has 0 fully saturated rings. The Morgan fingerprint density at radius 3 is 3.00 bits per heavy atom. The Balaban J connectivity index is 2.60. The van der Waals surface area contributed by atoms with E-state index in [2.05, 4.69) is 10.1 Å². The number of carbonyl (C=O) groups is 1. The van der Waals surface area contributed by atoms with Crippen molar-refractivity contribution in [2.24, 2.45) is 0 Å². The molecule has 0 bridgehead atoms. The van der Waals surface area contributed by atoms with Crippen molar-refractivity contribution >= 4 is 28.9 Å². The highest BCUT2D eigenvalue weighted by atomic mass is 35.5. The molecule has 0 spiro atoms. The van der Waals surface area contributed by atoms with Gasteiger partial charge in [0.25, 0.3) is 0 Å². The molecule has 14 heavy (non-hydrogen) atoms. The first-order valence-corrected chi connectivity index (χ1v) is 4.79. The maximum atomic E-state index is 10.8. The second-order valence-electron chi connectivity index (χ2n) is 2.36. The average molecular weight is 231 g/mol. The van der Waals surface area contributed by atoms with E-state index in [0.29, 0.717) is 5.69 Å². The van der Waals surface area contributed by atoms with E-state index in [9.17, 15) is 4.79 Å². The predicted octanol–water partition coefficient (Wildman–Crippen LogP) is 2.15. The van der Waals surface area contributed by atoms with Gasteiger partial charge in [0.05, 0.1) is 5.51 Å². The van der Waals surface area contributed by atoms with Gasteiger partial charge >= 0.3 is 5.97 Å². The van der Waals surface area contributed by atoms with Crippen LogP contribution in [0.15, 0.2) is 15.4 Å². The fourth-order valence-electron chi connectivity index (χ4n) is 0.956. The summed E-state index contributed by atoms with van der Waals surface area (Å²) in [5, 5.41) is 13.7. The summed E-state index contributed by atoms with van der Waals surface area (Å²) in [6.45, 7) is 0. The first-order chi connectivity index (χ1) is 6.70. The summed E-state index contributed by atoms with van der Waals surface area (Å²) in [5.41, 5.74) is 1.83. The highest BCUT2D eigenvalue weighted by Gasteiger charge is 2.23. The van der Waals surface area contributed by atoms with Crippen LogP contribution in [0.25, 0.3) is 11.5 Å². The minimum Gasteiger partial charge on any atom is -0.477 e. The van der Waals surface area contributed by atoms with E-state index in [1.165, 1.54) is 11.3 Å². The van der Waals surface area contributed by atoms with E-state index in [4.69, 9.17) is 21.2 Å². The summed E-state index contributed by atoms with van der Waals surface area (Å²) in [6.07, 6.45) is 0. The van der Waals surface area contributed by atoms with Crippen LogP contribution in [0.2, 0.25) is 5.15 Å². The number of hydrogen-bond donors (Lipinski definition) is 1. The molecule has 0 aliphatic rings. The van der Waals surface area contributed by atoms with Crippen LogP contribution in [0.4, 0.5) is 0 Å². The number of nitrogens with zero attached hydrogens (tertiary/aromatic N) is 2. The number of thiazole rings is 1. The fourth-order valence-corrected chi connectivity index (χ4v) is 1.69. The van der Waals surface area contributed by atoms with Crippen molar-refractivity contribution in [2.75, 3.05) is 0 Å². The lowest BCUT2D eigenvalue weighted by Gasteiger charge is -1.90. The van der Waals surface area contributed by atoms with Crippen LogP contribution in [-0.4, -0.2) is 21.2 Å². The molecule has 5 nitrogen and oxygen atoms in total. The second-order valence-corrected chi connectivity index (χ2v) is 3.43. The normalized spacial score (nSPS) is 10.4. The molecule has 2 aromatic heterocycles. The summed E-state index contributed by atoms with van der Waals surface area (Å²) < 4.78 is 4.78. The lowest BCUT2D eigenvalue weighted by Crippen LogP contribution is -1.97. The molecule has 0 aliphatic carbocycles. The molecular formula is C7H3ClN2O3S. The number of carboxylic acids is 1. The number of halogens is 1. The lowest BCUT2D eigenvalue weighted by molar-refractivity contribution is 0.0697. The minimum absolute atomic E-state index is 0.0868. The summed E-state index contributed by atoms with van der Waals surface area (Å²) in [6, 6.07) is 0. The van der Waals surface area contributed by atoms with Gasteiger partial charge in [-0.3, -0.25) is 0 Å². The van der Waals surface area contributed by atoms with Crippen molar-refractivity contribution in [1.82, 2.24) is 10.1 Å². The maximum Gasteiger partial charge on any atom is 0.343 e. The highest BCUT2D eigenvalue weighted by molar-refractivity contribution is 7.07. The molecule has 1 N–H and O–H groups in total. The summed E-state index contributed by atoms with van der Waals surface area (Å²) in [4.78, 5) is 14.7. The van der Waals surface area contributed by atoms with Gasteiger partial charge in [-0.15, -0.1) is 11.3 Å². The average Bonchev–Trinajstić information content (AvgIpc) is 2.70. The molecule has 7 heteroatoms. The van der Waals surface area contributed by atoms with Crippen molar-refractivity contribution in [3.8, 4) is 11.5 Å². The zero-order valence-corrected chi connectivity index (χ0v) is 8.17. The van der Waals surface area contributed by atoms with E-state index >= 15 is 0 Å². The van der Waals surface area contributed by atoms with Gasteiger partial charge in [-0.25, -0.2) is 9.78 Å². The molecule has 0 amide bonds. The van der Waals surface area contributed by atoms with Crippen molar-refractivity contribution in [2.45, 2.75) is 0 Å². The molecular weight excluding hydrogens is 228 g/mol. The Morgan fingerprint density at radius 2 is 2.43 bits per heavy atom. The first kappa shape index (κ1) is 9.17. The molecule has 0 unspecified atom stereocenters. The van der Waals surface area contributed by atoms with E-state index in [-0.39, 0.29) is 16.5 Å². The number of carboxylic acid groups (broad SMARTS) is 1. The van der Waals surface area contributed by atoms with Gasteiger partial charge in [-0.1, -0.05) is 16.8 Å². The van der Waals surface area contributed by atoms with Gasteiger partial charge in [-0.2, -0.15) is 0 Å². The van der Waals surface area contributed by atoms with Crippen LogP contribution in [-0.2, 0) is 0 Å². The SMILES string of the molecule is O=C(O)c1c(Cl)noc1-c1cscn1. The monoisotopic (exact) mass is 230 g/mol. The predicted molar refractivity (Wildman–Crippen MR) is 49.6 cm³/mol. The number of aromatic nitrogens is 2. The first-order valence-electron chi connectivity index (χ1n) is 3.47. The molecule has 2 heterocycles. The summed E-state index contributed by atoms with van der Waals surface area (Å²) in [7, 11) is 0. The number of hydrogen-bond acceptors (Lipinski definition) is 5. The van der Waals surface area contributed by atoms with E-state index in [1.54, 1.807) is 10.9 Å². The van der Waals surface area contributed by atoms with E-state index < -0.39 is 5.97 Å². The van der Waals surface area contributed by atoms with Crippen LogP contribution >= 0.6 is 22.9 Å². The molecule has 0 aliphatic heterocycles. The quantitative estimate of drug-likeness (QED) is 0.855. The van der Waals surface area contributed by atoms with E-state index in [1.807, 2.05) is 0 Å². The van der Waals surface area contributed by atoms with E-state index in [0.717, 1.165) is 0 Å². The smallest absolute Gasteiger partial charge is 0.343 e. The minimum atomic E-state index is -1.18. The molecule has 0 saturated carbocycles. The van der Waals surface area contributed by atoms with Gasteiger partial charge in [0, 0.05) is 5.38 Å². The highest BCUT2D eigenvalue weighted by Crippen LogP contribution is 2.28. The van der Waals surface area contributed by atoms with Crippen LogP contribution in [0.5, 0.6) is 0 Å². The number of aromatic carboxylic acids is 1. The fraction of sp³-hybridized carbons (Fsp3) is 0. The Bertz CT molecular complexity index is 465. The standard InChI is InChI=1S/C7H3ClN2O3S/c8-6-4(7(11)12)5(13-10-6)3-1-14-2-9-3/h1-2H,(H,11,12). The molecule has 2 rings (SSSR count). The molecule has 0 saturated heterocycles. The zero-order chi connectivity index (χ0) is 10.1. The Kier molecular flexibility index (Phi) is 2.22. The van der Waals surface area contributed by atoms with Crippen LogP contribution in [0, 0.1) is 0 Å². The van der Waals surface area contributed by atoms with Gasteiger partial charge in [0.1, 0.15) is 11.3 Å². The van der Waals surface area contributed by atoms with Gasteiger partial charge in [0.15, 0.2) is 5.15 Å². The molecule has 0 aromatic carbocycles. The van der Waals surface area contributed by atoms with Gasteiger partial charge < -0.3 is 9.63 Å². The van der Waals surface area contributed by atoms with Gasteiger partial charge in [0.2, 0.25) is 5.76 Å². The molecule has 0 atom stereocenters. The zero-order valence-electron chi connectivity index (χ0n) is 6.60. The third kappa shape index (κ3) is 1.38. The Labute approximate surface area is 86.9 Å². The van der Waals surface area contributed by atoms with Crippen LogP contribution in [0.3, 0.4) is 0 Å². The van der Waals surface area contributed by atoms with Crippen molar-refractivity contribution in [1.29, 1.82) is 0 Å². The number of rotatable bonds is 2. The topological polar surface area (TPSA) is 76.2 Å². The molecule has 2 aromatic rings. The summed E-state index contributed by atoms with van der Waals surface area (Å²) in [5.74, 6) is -1.09. The Morgan fingerprint density at radius 1 is 1.64 bits per heavy atom. The van der Waals surface area contributed by atoms with Crippen molar-refractivity contribution in [3.63, 3.8) is 0 Å². The third-order valence-corrected chi connectivity index (χ3v) is 2.37. The third-order valence-electron chi connectivity index (χ3n) is 1.53. The molecule has 0 radical (unpaired) electrons. The lowest BCUT2D eigenvalue weighted by atomic mass is 10.2. The second kappa shape index (κ2) is 3.39. The molecule has 72 valence electrons. The van der Waals surface area contributed by atoms with Crippen molar-refractivity contribution < 1.29 is 14.4 Å². The van der Waals surface area contributed by atoms with Gasteiger partial charge in [-0.05, 0) is 0 Å². The summed E-state index contributed by atoms with van der Waals surface area (Å²) >= 11 is 6.88. The Hall–Kier alpha value is -1.40. The largest absolute Gasteiger partial charge is 0.477 e. The van der Waals surface area contributed by atoms with Crippen LogP contribution < -0.4 is 0 Å². The maximum absolute atomic E-state index is 10.8. The van der Waals surface area contributed by atoms with Crippen molar-refractivity contribution in [3.05, 3.63) is 21.6 Å².